The van der Waals surface area contributed by atoms with Gasteiger partial charge in [-0.1, -0.05) is 48.5 Å². The maximum Gasteiger partial charge on any atom is 0.254 e. The van der Waals surface area contributed by atoms with Gasteiger partial charge in [-0.15, -0.1) is 12.4 Å². The summed E-state index contributed by atoms with van der Waals surface area (Å²) in [6, 6.07) is 20.0. The number of para-hydroxylation sites is 1. The lowest BCUT2D eigenvalue weighted by atomic mass is 9.94. The van der Waals surface area contributed by atoms with Gasteiger partial charge in [0, 0.05) is 24.0 Å². The van der Waals surface area contributed by atoms with Crippen molar-refractivity contribution in [3.05, 3.63) is 66.2 Å². The standard InChI is InChI=1S/C25H29N3O.ClH/c1-2-28(17-14-19-12-15-26-16-13-19)25(29)22-18-24(20-8-4-3-5-9-20)27-23-11-7-6-10-21(22)23;/h3-11,18-19,26H,2,12-17H2,1H3;1H. The number of pyridine rings is 1. The summed E-state index contributed by atoms with van der Waals surface area (Å²) in [6.45, 7) is 5.81. The van der Waals surface area contributed by atoms with Gasteiger partial charge < -0.3 is 10.2 Å². The summed E-state index contributed by atoms with van der Waals surface area (Å²) >= 11 is 0. The van der Waals surface area contributed by atoms with Gasteiger partial charge in [-0.05, 0) is 57.3 Å². The fraction of sp³-hybridized carbons (Fsp3) is 0.360. The van der Waals surface area contributed by atoms with Crippen LogP contribution in [0, 0.1) is 5.92 Å². The number of hydrogen-bond acceptors (Lipinski definition) is 3. The van der Waals surface area contributed by atoms with Gasteiger partial charge in [0.15, 0.2) is 0 Å². The molecule has 1 aliphatic heterocycles. The molecule has 0 atom stereocenters. The van der Waals surface area contributed by atoms with E-state index >= 15 is 0 Å². The van der Waals surface area contributed by atoms with Gasteiger partial charge >= 0.3 is 0 Å². The molecule has 0 spiro atoms. The molecule has 5 heteroatoms. The number of fused-ring (bicyclic) bond motifs is 1. The number of carbonyl (C=O) groups is 1. The molecule has 1 amide bonds. The molecule has 0 unspecified atom stereocenters. The molecule has 1 aliphatic rings. The highest BCUT2D eigenvalue weighted by atomic mass is 35.5. The van der Waals surface area contributed by atoms with E-state index < -0.39 is 0 Å². The van der Waals surface area contributed by atoms with Crippen LogP contribution in [0.5, 0.6) is 0 Å². The predicted molar refractivity (Wildman–Crippen MR) is 126 cm³/mol. The van der Waals surface area contributed by atoms with E-state index in [2.05, 4.69) is 12.2 Å². The number of piperidine rings is 1. The van der Waals surface area contributed by atoms with Crippen LogP contribution in [0.1, 0.15) is 36.5 Å². The number of aromatic nitrogens is 1. The third-order valence-corrected chi connectivity index (χ3v) is 5.95. The number of nitrogens with one attached hydrogen (secondary N) is 1. The first-order valence-electron chi connectivity index (χ1n) is 10.7. The average Bonchev–Trinajstić information content (AvgIpc) is 2.80. The van der Waals surface area contributed by atoms with Crippen LogP contribution >= 0.6 is 12.4 Å². The first-order valence-corrected chi connectivity index (χ1v) is 10.7. The predicted octanol–water partition coefficient (Wildman–Crippen LogP) is 5.18. The maximum atomic E-state index is 13.5. The molecule has 4 rings (SSSR count). The first kappa shape index (κ1) is 22.3. The Morgan fingerprint density at radius 2 is 1.77 bits per heavy atom. The zero-order valence-corrected chi connectivity index (χ0v) is 18.3. The number of halogens is 1. The summed E-state index contributed by atoms with van der Waals surface area (Å²) in [4.78, 5) is 20.3. The van der Waals surface area contributed by atoms with Crippen molar-refractivity contribution in [1.82, 2.24) is 15.2 Å². The van der Waals surface area contributed by atoms with Gasteiger partial charge in [0.1, 0.15) is 0 Å². The van der Waals surface area contributed by atoms with Gasteiger partial charge in [0.25, 0.3) is 5.91 Å². The summed E-state index contributed by atoms with van der Waals surface area (Å²) < 4.78 is 0. The number of nitrogens with zero attached hydrogens (tertiary/aromatic N) is 2. The number of rotatable bonds is 6. The highest BCUT2D eigenvalue weighted by Crippen LogP contribution is 2.26. The molecule has 0 bridgehead atoms. The van der Waals surface area contributed by atoms with E-state index in [1.54, 1.807) is 0 Å². The van der Waals surface area contributed by atoms with Crippen molar-refractivity contribution in [2.75, 3.05) is 26.2 Å². The van der Waals surface area contributed by atoms with E-state index in [4.69, 9.17) is 4.98 Å². The molecular weight excluding hydrogens is 394 g/mol. The maximum absolute atomic E-state index is 13.5. The normalized spacial score (nSPS) is 14.3. The van der Waals surface area contributed by atoms with Crippen molar-refractivity contribution in [3.8, 4) is 11.3 Å². The molecule has 1 saturated heterocycles. The molecule has 1 aromatic heterocycles. The van der Waals surface area contributed by atoms with Crippen molar-refractivity contribution in [1.29, 1.82) is 0 Å². The van der Waals surface area contributed by atoms with Crippen molar-refractivity contribution in [3.63, 3.8) is 0 Å². The van der Waals surface area contributed by atoms with Crippen molar-refractivity contribution in [2.45, 2.75) is 26.2 Å². The van der Waals surface area contributed by atoms with Gasteiger partial charge in [-0.2, -0.15) is 0 Å². The molecule has 2 aromatic carbocycles. The fourth-order valence-electron chi connectivity index (χ4n) is 4.19. The number of benzene rings is 2. The summed E-state index contributed by atoms with van der Waals surface area (Å²) in [5.74, 6) is 0.823. The van der Waals surface area contributed by atoms with Crippen LogP contribution in [0.3, 0.4) is 0 Å². The molecule has 3 aromatic rings. The van der Waals surface area contributed by atoms with Crippen molar-refractivity contribution < 1.29 is 4.79 Å². The second-order valence-corrected chi connectivity index (χ2v) is 7.81. The minimum atomic E-state index is 0. The molecular formula is C25H30ClN3O. The monoisotopic (exact) mass is 423 g/mol. The molecule has 0 aliphatic carbocycles. The smallest absolute Gasteiger partial charge is 0.254 e. The quantitative estimate of drug-likeness (QED) is 0.594. The van der Waals surface area contributed by atoms with Crippen LogP contribution in [-0.2, 0) is 0 Å². The lowest BCUT2D eigenvalue weighted by Gasteiger charge is -2.27. The SMILES string of the molecule is CCN(CCC1CCNCC1)C(=O)c1cc(-c2ccccc2)nc2ccccc12.Cl. The molecule has 0 saturated carbocycles. The first-order chi connectivity index (χ1) is 14.3. The second kappa shape index (κ2) is 10.6. The Kier molecular flexibility index (Phi) is 7.83. The van der Waals surface area contributed by atoms with Crippen molar-refractivity contribution in [2.24, 2.45) is 5.92 Å². The van der Waals surface area contributed by atoms with E-state index in [0.717, 1.165) is 60.3 Å². The van der Waals surface area contributed by atoms with E-state index in [0.29, 0.717) is 5.92 Å². The topological polar surface area (TPSA) is 45.2 Å². The Balaban J connectivity index is 0.00000256. The Hall–Kier alpha value is -2.43. The molecule has 158 valence electrons. The Bertz CT molecular complexity index is 971. The minimum absolute atomic E-state index is 0. The summed E-state index contributed by atoms with van der Waals surface area (Å²) in [5.41, 5.74) is 3.50. The van der Waals surface area contributed by atoms with Crippen LogP contribution in [0.15, 0.2) is 60.7 Å². The number of amides is 1. The van der Waals surface area contributed by atoms with Crippen LogP contribution in [0.2, 0.25) is 0 Å². The van der Waals surface area contributed by atoms with Crippen LogP contribution in [0.25, 0.3) is 22.2 Å². The zero-order valence-electron chi connectivity index (χ0n) is 17.5. The highest BCUT2D eigenvalue weighted by Gasteiger charge is 2.21. The van der Waals surface area contributed by atoms with Crippen LogP contribution in [-0.4, -0.2) is 42.0 Å². The largest absolute Gasteiger partial charge is 0.339 e. The summed E-state index contributed by atoms with van der Waals surface area (Å²) in [6.07, 6.45) is 3.50. The molecule has 30 heavy (non-hydrogen) atoms. The molecule has 1 fully saturated rings. The van der Waals surface area contributed by atoms with Crippen LogP contribution in [0.4, 0.5) is 0 Å². The molecule has 1 N–H and O–H groups in total. The van der Waals surface area contributed by atoms with Gasteiger partial charge in [-0.3, -0.25) is 4.79 Å². The number of hydrogen-bond donors (Lipinski definition) is 1. The van der Waals surface area contributed by atoms with E-state index in [-0.39, 0.29) is 18.3 Å². The molecule has 0 radical (unpaired) electrons. The lowest BCUT2D eigenvalue weighted by Crippen LogP contribution is -2.35. The van der Waals surface area contributed by atoms with E-state index in [9.17, 15) is 4.79 Å². The van der Waals surface area contributed by atoms with Gasteiger partial charge in [0.2, 0.25) is 0 Å². The minimum Gasteiger partial charge on any atom is -0.339 e. The molecule has 2 heterocycles. The van der Waals surface area contributed by atoms with Gasteiger partial charge in [0.05, 0.1) is 16.8 Å². The summed E-state index contributed by atoms with van der Waals surface area (Å²) in [7, 11) is 0. The fourth-order valence-corrected chi connectivity index (χ4v) is 4.19. The third kappa shape index (κ3) is 5.00. The second-order valence-electron chi connectivity index (χ2n) is 7.81. The third-order valence-electron chi connectivity index (χ3n) is 5.95. The average molecular weight is 424 g/mol. The lowest BCUT2D eigenvalue weighted by molar-refractivity contribution is 0.0754. The van der Waals surface area contributed by atoms with Crippen molar-refractivity contribution >= 4 is 29.2 Å². The van der Waals surface area contributed by atoms with Crippen LogP contribution < -0.4 is 5.32 Å². The Morgan fingerprint density at radius 1 is 1.07 bits per heavy atom. The van der Waals surface area contributed by atoms with E-state index in [1.165, 1.54) is 12.8 Å². The Morgan fingerprint density at radius 3 is 2.50 bits per heavy atom. The molecule has 4 nitrogen and oxygen atoms in total. The van der Waals surface area contributed by atoms with E-state index in [1.807, 2.05) is 65.6 Å². The number of carbonyl (C=O) groups excluding carboxylic acids is 1. The highest BCUT2D eigenvalue weighted by molar-refractivity contribution is 6.07. The van der Waals surface area contributed by atoms with Gasteiger partial charge in [-0.25, -0.2) is 4.98 Å². The zero-order chi connectivity index (χ0) is 20.1. The Labute approximate surface area is 185 Å². The summed E-state index contributed by atoms with van der Waals surface area (Å²) in [5, 5.41) is 4.35.